The van der Waals surface area contributed by atoms with E-state index in [9.17, 15) is 4.79 Å². The van der Waals surface area contributed by atoms with E-state index in [0.29, 0.717) is 18.5 Å². The molecule has 0 spiro atoms. The van der Waals surface area contributed by atoms with Crippen LogP contribution in [0.4, 0.5) is 5.95 Å². The summed E-state index contributed by atoms with van der Waals surface area (Å²) in [5.41, 5.74) is 0.0275. The van der Waals surface area contributed by atoms with Crippen LogP contribution in [0.25, 0.3) is 0 Å². The summed E-state index contributed by atoms with van der Waals surface area (Å²) < 4.78 is 0. The van der Waals surface area contributed by atoms with Crippen molar-refractivity contribution in [2.45, 2.75) is 18.9 Å². The van der Waals surface area contributed by atoms with E-state index in [1.165, 1.54) is 12.3 Å². The molecule has 2 rings (SSSR count). The average Bonchev–Trinajstić information content (AvgIpc) is 3.10. The van der Waals surface area contributed by atoms with Gasteiger partial charge in [-0.1, -0.05) is 6.08 Å². The molecule has 0 aliphatic heterocycles. The second-order valence-electron chi connectivity index (χ2n) is 3.72. The Morgan fingerprint density at radius 1 is 1.69 bits per heavy atom. The number of aromatic nitrogens is 2. The molecule has 1 aliphatic rings. The Balaban J connectivity index is 2.25. The summed E-state index contributed by atoms with van der Waals surface area (Å²) in [5.74, 6) is -0.555. The number of carbonyl (C=O) groups is 1. The molecule has 5 heteroatoms. The van der Waals surface area contributed by atoms with Crippen molar-refractivity contribution in [3.05, 3.63) is 30.6 Å². The monoisotopic (exact) mass is 219 g/mol. The number of carboxylic acid groups (broad SMARTS) is 1. The predicted octanol–water partition coefficient (Wildman–Crippen LogP) is 1.33. The maximum Gasteiger partial charge on any atom is 0.354 e. The van der Waals surface area contributed by atoms with Gasteiger partial charge in [0.15, 0.2) is 5.69 Å². The van der Waals surface area contributed by atoms with Crippen LogP contribution in [-0.2, 0) is 0 Å². The molecule has 16 heavy (non-hydrogen) atoms. The molecule has 1 aromatic rings. The summed E-state index contributed by atoms with van der Waals surface area (Å²) in [5, 5.41) is 8.85. The van der Waals surface area contributed by atoms with E-state index in [0.717, 1.165) is 12.8 Å². The number of hydrogen-bond donors (Lipinski definition) is 1. The van der Waals surface area contributed by atoms with Crippen molar-refractivity contribution in [3.8, 4) is 0 Å². The van der Waals surface area contributed by atoms with Crippen LogP contribution < -0.4 is 4.90 Å². The lowest BCUT2D eigenvalue weighted by molar-refractivity contribution is 0.0690. The van der Waals surface area contributed by atoms with Crippen LogP contribution in [0.3, 0.4) is 0 Å². The van der Waals surface area contributed by atoms with E-state index in [1.54, 1.807) is 6.08 Å². The first-order valence-electron chi connectivity index (χ1n) is 5.16. The minimum Gasteiger partial charge on any atom is -0.477 e. The average molecular weight is 219 g/mol. The molecule has 1 heterocycles. The number of rotatable bonds is 5. The molecule has 1 saturated carbocycles. The number of carboxylic acids is 1. The van der Waals surface area contributed by atoms with Crippen molar-refractivity contribution in [1.29, 1.82) is 0 Å². The highest BCUT2D eigenvalue weighted by molar-refractivity contribution is 5.85. The first kappa shape index (κ1) is 10.6. The molecule has 84 valence electrons. The lowest BCUT2D eigenvalue weighted by Gasteiger charge is -2.20. The van der Waals surface area contributed by atoms with Crippen molar-refractivity contribution in [3.63, 3.8) is 0 Å². The number of nitrogens with zero attached hydrogens (tertiary/aromatic N) is 3. The van der Waals surface area contributed by atoms with Crippen molar-refractivity contribution in [1.82, 2.24) is 9.97 Å². The first-order valence-corrected chi connectivity index (χ1v) is 5.16. The summed E-state index contributed by atoms with van der Waals surface area (Å²) in [6.45, 7) is 4.33. The standard InChI is InChI=1S/C11H13N3O2/c1-2-7-14(8-3-4-8)11-12-6-5-9(13-11)10(15)16/h2,5-6,8H,1,3-4,7H2,(H,15,16). The van der Waals surface area contributed by atoms with Gasteiger partial charge >= 0.3 is 5.97 Å². The number of anilines is 1. The van der Waals surface area contributed by atoms with Gasteiger partial charge in [0, 0.05) is 18.8 Å². The second-order valence-corrected chi connectivity index (χ2v) is 3.72. The summed E-state index contributed by atoms with van der Waals surface area (Å²) >= 11 is 0. The van der Waals surface area contributed by atoms with Gasteiger partial charge < -0.3 is 10.0 Å². The van der Waals surface area contributed by atoms with Gasteiger partial charge in [-0.25, -0.2) is 14.8 Å². The summed E-state index contributed by atoms with van der Waals surface area (Å²) in [4.78, 5) is 20.9. The molecule has 0 amide bonds. The maximum atomic E-state index is 10.8. The highest BCUT2D eigenvalue weighted by atomic mass is 16.4. The van der Waals surface area contributed by atoms with E-state index in [1.807, 2.05) is 4.90 Å². The number of hydrogen-bond acceptors (Lipinski definition) is 4. The molecule has 5 nitrogen and oxygen atoms in total. The zero-order chi connectivity index (χ0) is 11.5. The molecule has 0 atom stereocenters. The second kappa shape index (κ2) is 4.30. The Morgan fingerprint density at radius 2 is 2.44 bits per heavy atom. The van der Waals surface area contributed by atoms with E-state index in [4.69, 9.17) is 5.11 Å². The van der Waals surface area contributed by atoms with Crippen LogP contribution in [0.2, 0.25) is 0 Å². The summed E-state index contributed by atoms with van der Waals surface area (Å²) in [7, 11) is 0. The Labute approximate surface area is 93.4 Å². The van der Waals surface area contributed by atoms with Gasteiger partial charge in [0.1, 0.15) is 0 Å². The SMILES string of the molecule is C=CCN(c1nccc(C(=O)O)n1)C1CC1. The minimum absolute atomic E-state index is 0.0275. The third-order valence-electron chi connectivity index (χ3n) is 2.43. The zero-order valence-corrected chi connectivity index (χ0v) is 8.83. The largest absolute Gasteiger partial charge is 0.477 e. The molecule has 0 radical (unpaired) electrons. The summed E-state index contributed by atoms with van der Waals surface area (Å²) in [6, 6.07) is 1.83. The van der Waals surface area contributed by atoms with Gasteiger partial charge in [0.25, 0.3) is 0 Å². The Hall–Kier alpha value is -1.91. The number of aromatic carboxylic acids is 1. The lowest BCUT2D eigenvalue weighted by atomic mass is 10.4. The molecule has 1 aliphatic carbocycles. The van der Waals surface area contributed by atoms with Crippen molar-refractivity contribution < 1.29 is 9.90 Å². The van der Waals surface area contributed by atoms with Crippen LogP contribution in [0.15, 0.2) is 24.9 Å². The fourth-order valence-corrected chi connectivity index (χ4v) is 1.53. The first-order chi connectivity index (χ1) is 7.72. The zero-order valence-electron chi connectivity index (χ0n) is 8.83. The van der Waals surface area contributed by atoms with Crippen molar-refractivity contribution >= 4 is 11.9 Å². The Morgan fingerprint density at radius 3 is 3.00 bits per heavy atom. The third kappa shape index (κ3) is 2.18. The van der Waals surface area contributed by atoms with Gasteiger partial charge in [-0.2, -0.15) is 0 Å². The van der Waals surface area contributed by atoms with Crippen LogP contribution in [0.1, 0.15) is 23.3 Å². The maximum absolute atomic E-state index is 10.8. The molecule has 0 saturated heterocycles. The van der Waals surface area contributed by atoms with Crippen molar-refractivity contribution in [2.75, 3.05) is 11.4 Å². The fraction of sp³-hybridized carbons (Fsp3) is 0.364. The van der Waals surface area contributed by atoms with Gasteiger partial charge in [0.2, 0.25) is 5.95 Å². The van der Waals surface area contributed by atoms with E-state index in [2.05, 4.69) is 16.5 Å². The molecule has 0 aromatic carbocycles. The van der Waals surface area contributed by atoms with Gasteiger partial charge in [-0.3, -0.25) is 0 Å². The van der Waals surface area contributed by atoms with Crippen LogP contribution in [0.5, 0.6) is 0 Å². The normalized spacial score (nSPS) is 14.5. The lowest BCUT2D eigenvalue weighted by Crippen LogP contribution is -2.28. The van der Waals surface area contributed by atoms with Crippen LogP contribution in [0, 0.1) is 0 Å². The molecule has 0 bridgehead atoms. The highest BCUT2D eigenvalue weighted by Gasteiger charge is 2.30. The highest BCUT2D eigenvalue weighted by Crippen LogP contribution is 2.29. The molecular formula is C11H13N3O2. The quantitative estimate of drug-likeness (QED) is 0.757. The summed E-state index contributed by atoms with van der Waals surface area (Å²) in [6.07, 6.45) is 5.46. The third-order valence-corrected chi connectivity index (χ3v) is 2.43. The van der Waals surface area contributed by atoms with Gasteiger partial charge in [-0.15, -0.1) is 6.58 Å². The Bertz CT molecular complexity index is 415. The Kier molecular flexibility index (Phi) is 2.85. The molecule has 1 N–H and O–H groups in total. The predicted molar refractivity (Wildman–Crippen MR) is 59.6 cm³/mol. The van der Waals surface area contributed by atoms with Gasteiger partial charge in [0.05, 0.1) is 0 Å². The molecule has 1 fully saturated rings. The van der Waals surface area contributed by atoms with Gasteiger partial charge in [-0.05, 0) is 18.9 Å². The van der Waals surface area contributed by atoms with Crippen LogP contribution >= 0.6 is 0 Å². The molecular weight excluding hydrogens is 206 g/mol. The van der Waals surface area contributed by atoms with Crippen molar-refractivity contribution in [2.24, 2.45) is 0 Å². The topological polar surface area (TPSA) is 66.3 Å². The van der Waals surface area contributed by atoms with E-state index < -0.39 is 5.97 Å². The van der Waals surface area contributed by atoms with E-state index in [-0.39, 0.29) is 5.69 Å². The van der Waals surface area contributed by atoms with E-state index >= 15 is 0 Å². The van der Waals surface area contributed by atoms with Crippen LogP contribution in [-0.4, -0.2) is 33.6 Å². The molecule has 0 unspecified atom stereocenters. The fourth-order valence-electron chi connectivity index (χ4n) is 1.53. The minimum atomic E-state index is -1.03. The molecule has 1 aromatic heterocycles. The smallest absolute Gasteiger partial charge is 0.354 e.